The lowest BCUT2D eigenvalue weighted by molar-refractivity contribution is -0.119. The third-order valence-corrected chi connectivity index (χ3v) is 4.80. The minimum Gasteiger partial charge on any atom is -0.317 e. The molecule has 0 aliphatic carbocycles. The number of nitrogens with one attached hydrogen (secondary N) is 1. The summed E-state index contributed by atoms with van der Waals surface area (Å²) in [4.78, 5) is 11.7. The Kier molecular flexibility index (Phi) is 20.4. The van der Waals surface area contributed by atoms with Gasteiger partial charge in [-0.05, 0) is 32.4 Å². The number of unbranched alkanes of at least 4 members (excludes halogenated alkanes) is 12. The quantitative estimate of drug-likeness (QED) is 0.247. The summed E-state index contributed by atoms with van der Waals surface area (Å²) in [5.41, 5.74) is 0. The van der Waals surface area contributed by atoms with Crippen LogP contribution in [0.4, 0.5) is 0 Å². The Morgan fingerprint density at radius 2 is 1.00 bits per heavy atom. The fraction of sp³-hybridized carbons (Fsp3) is 0.955. The smallest absolute Gasteiger partial charge is 0.132 e. The number of carbonyl (C=O) groups excluding carboxylic acids is 1. The number of Topliss-reactive ketones (excluding diaryl/α,β-unsaturated/α-hetero) is 1. The van der Waals surface area contributed by atoms with Crippen LogP contribution in [0.2, 0.25) is 0 Å². The number of ketones is 1. The van der Waals surface area contributed by atoms with Crippen LogP contribution in [-0.2, 0) is 4.79 Å². The summed E-state index contributed by atoms with van der Waals surface area (Å²) in [6, 6.07) is 0. The van der Waals surface area contributed by atoms with Crippen LogP contribution in [0.3, 0.4) is 0 Å². The van der Waals surface area contributed by atoms with Gasteiger partial charge in [-0.25, -0.2) is 0 Å². The Morgan fingerprint density at radius 1 is 0.542 bits per heavy atom. The van der Waals surface area contributed by atoms with E-state index in [9.17, 15) is 4.79 Å². The van der Waals surface area contributed by atoms with Crippen molar-refractivity contribution in [2.75, 3.05) is 13.1 Å². The summed E-state index contributed by atoms with van der Waals surface area (Å²) < 4.78 is 0. The fourth-order valence-corrected chi connectivity index (χ4v) is 3.18. The first-order chi connectivity index (χ1) is 11.8. The Bertz CT molecular complexity index is 252. The van der Waals surface area contributed by atoms with Crippen molar-refractivity contribution >= 4 is 5.78 Å². The third-order valence-electron chi connectivity index (χ3n) is 4.80. The van der Waals surface area contributed by atoms with Gasteiger partial charge in [0.1, 0.15) is 5.78 Å². The van der Waals surface area contributed by atoms with E-state index >= 15 is 0 Å². The zero-order chi connectivity index (χ0) is 17.7. The molecule has 144 valence electrons. The summed E-state index contributed by atoms with van der Waals surface area (Å²) in [5, 5.41) is 3.36. The molecule has 1 N–H and O–H groups in total. The first-order valence-corrected chi connectivity index (χ1v) is 11.0. The Labute approximate surface area is 152 Å². The molecule has 0 rings (SSSR count). The molecule has 0 spiro atoms. The maximum absolute atomic E-state index is 11.7. The molecule has 0 unspecified atom stereocenters. The lowest BCUT2D eigenvalue weighted by atomic mass is 10.0. The number of carbonyl (C=O) groups is 1. The van der Waals surface area contributed by atoms with Crippen molar-refractivity contribution < 1.29 is 4.79 Å². The molecule has 0 fully saturated rings. The molecule has 0 aromatic carbocycles. The zero-order valence-corrected chi connectivity index (χ0v) is 16.8. The van der Waals surface area contributed by atoms with E-state index in [0.29, 0.717) is 5.78 Å². The molecule has 0 amide bonds. The lowest BCUT2D eigenvalue weighted by Gasteiger charge is -2.04. The van der Waals surface area contributed by atoms with Crippen LogP contribution >= 0.6 is 0 Å². The molecule has 0 saturated carbocycles. The van der Waals surface area contributed by atoms with Crippen molar-refractivity contribution in [2.24, 2.45) is 0 Å². The van der Waals surface area contributed by atoms with Crippen molar-refractivity contribution in [3.63, 3.8) is 0 Å². The molecule has 0 bridgehead atoms. The van der Waals surface area contributed by atoms with E-state index in [1.165, 1.54) is 83.5 Å². The minimum absolute atomic E-state index is 0.469. The number of hydrogen-bond donors (Lipinski definition) is 1. The van der Waals surface area contributed by atoms with Gasteiger partial charge in [0.15, 0.2) is 0 Å². The number of hydrogen-bond acceptors (Lipinski definition) is 2. The third kappa shape index (κ3) is 19.7. The molecular weight excluding hydrogens is 294 g/mol. The maximum Gasteiger partial charge on any atom is 0.132 e. The van der Waals surface area contributed by atoms with Crippen LogP contribution in [0.5, 0.6) is 0 Å². The van der Waals surface area contributed by atoms with Crippen molar-refractivity contribution in [2.45, 2.75) is 123 Å². The zero-order valence-electron chi connectivity index (χ0n) is 16.8. The van der Waals surface area contributed by atoms with Crippen molar-refractivity contribution in [3.05, 3.63) is 0 Å². The molecule has 0 radical (unpaired) electrons. The monoisotopic (exact) mass is 339 g/mol. The Morgan fingerprint density at radius 3 is 1.50 bits per heavy atom. The highest BCUT2D eigenvalue weighted by atomic mass is 16.1. The van der Waals surface area contributed by atoms with Crippen LogP contribution in [-0.4, -0.2) is 18.9 Å². The Balaban J connectivity index is 3.10. The topological polar surface area (TPSA) is 29.1 Å². The van der Waals surface area contributed by atoms with Crippen molar-refractivity contribution in [1.29, 1.82) is 0 Å². The van der Waals surface area contributed by atoms with E-state index in [1.54, 1.807) is 0 Å². The molecule has 24 heavy (non-hydrogen) atoms. The summed E-state index contributed by atoms with van der Waals surface area (Å²) in [6.45, 7) is 6.53. The van der Waals surface area contributed by atoms with Crippen LogP contribution in [0.15, 0.2) is 0 Å². The van der Waals surface area contributed by atoms with Gasteiger partial charge in [0, 0.05) is 12.8 Å². The first kappa shape index (κ1) is 23.6. The van der Waals surface area contributed by atoms with Gasteiger partial charge in [-0.15, -0.1) is 0 Å². The van der Waals surface area contributed by atoms with E-state index in [-0.39, 0.29) is 0 Å². The highest BCUT2D eigenvalue weighted by molar-refractivity contribution is 5.78. The highest BCUT2D eigenvalue weighted by Gasteiger charge is 2.01. The molecule has 0 aliphatic rings. The average Bonchev–Trinajstić information content (AvgIpc) is 2.59. The molecule has 2 nitrogen and oxygen atoms in total. The predicted molar refractivity (Wildman–Crippen MR) is 108 cm³/mol. The van der Waals surface area contributed by atoms with Gasteiger partial charge in [0.2, 0.25) is 0 Å². The van der Waals surface area contributed by atoms with Crippen LogP contribution in [0, 0.1) is 0 Å². The largest absolute Gasteiger partial charge is 0.317 e. The molecule has 0 atom stereocenters. The van der Waals surface area contributed by atoms with Crippen LogP contribution in [0.25, 0.3) is 0 Å². The SMILES string of the molecule is CCCCCCCCCCCCCCCC(=O)CCCNCCC. The highest BCUT2D eigenvalue weighted by Crippen LogP contribution is 2.13. The molecular formula is C22H45NO. The van der Waals surface area contributed by atoms with Crippen molar-refractivity contribution in [1.82, 2.24) is 5.32 Å². The van der Waals surface area contributed by atoms with Gasteiger partial charge >= 0.3 is 0 Å². The Hall–Kier alpha value is -0.370. The maximum atomic E-state index is 11.7. The standard InChI is InChI=1S/C22H45NO/c1-3-5-6-7-8-9-10-11-12-13-14-15-16-18-22(24)19-17-21-23-20-4-2/h23H,3-21H2,1-2H3. The first-order valence-electron chi connectivity index (χ1n) is 11.0. The van der Waals surface area contributed by atoms with Gasteiger partial charge in [-0.1, -0.05) is 90.9 Å². The van der Waals surface area contributed by atoms with Crippen molar-refractivity contribution in [3.8, 4) is 0 Å². The summed E-state index contributed by atoms with van der Waals surface area (Å²) >= 11 is 0. The molecule has 0 saturated heterocycles. The normalized spacial score (nSPS) is 11.1. The molecule has 0 aromatic rings. The second kappa shape index (κ2) is 20.7. The van der Waals surface area contributed by atoms with Gasteiger partial charge in [0.05, 0.1) is 0 Å². The second-order valence-electron chi connectivity index (χ2n) is 7.38. The van der Waals surface area contributed by atoms with Gasteiger partial charge in [-0.3, -0.25) is 4.79 Å². The molecule has 0 aliphatic heterocycles. The fourth-order valence-electron chi connectivity index (χ4n) is 3.18. The van der Waals surface area contributed by atoms with E-state index in [2.05, 4.69) is 19.2 Å². The summed E-state index contributed by atoms with van der Waals surface area (Å²) in [7, 11) is 0. The molecule has 2 heteroatoms. The molecule has 0 heterocycles. The van der Waals surface area contributed by atoms with Gasteiger partial charge in [0.25, 0.3) is 0 Å². The average molecular weight is 340 g/mol. The predicted octanol–water partition coefficient (Wildman–Crippen LogP) is 6.82. The second-order valence-corrected chi connectivity index (χ2v) is 7.38. The van der Waals surface area contributed by atoms with E-state index in [1.807, 2.05) is 0 Å². The van der Waals surface area contributed by atoms with E-state index in [4.69, 9.17) is 0 Å². The van der Waals surface area contributed by atoms with E-state index in [0.717, 1.165) is 38.8 Å². The summed E-state index contributed by atoms with van der Waals surface area (Å²) in [5.74, 6) is 0.469. The van der Waals surface area contributed by atoms with Crippen LogP contribution in [0.1, 0.15) is 123 Å². The van der Waals surface area contributed by atoms with Crippen LogP contribution < -0.4 is 5.32 Å². The van der Waals surface area contributed by atoms with Gasteiger partial charge in [-0.2, -0.15) is 0 Å². The minimum atomic E-state index is 0.469. The lowest BCUT2D eigenvalue weighted by Crippen LogP contribution is -2.16. The molecule has 0 aromatic heterocycles. The van der Waals surface area contributed by atoms with Gasteiger partial charge < -0.3 is 5.32 Å². The number of rotatable bonds is 20. The van der Waals surface area contributed by atoms with E-state index < -0.39 is 0 Å². The summed E-state index contributed by atoms with van der Waals surface area (Å²) in [6.07, 6.45) is 21.6.